The zero-order valence-electron chi connectivity index (χ0n) is 26.2. The molecule has 0 radical (unpaired) electrons. The van der Waals surface area contributed by atoms with E-state index < -0.39 is 28.4 Å². The Bertz CT molecular complexity index is 1300. The zero-order valence-corrected chi connectivity index (χ0v) is 28.5. The molecule has 252 valence electrons. The minimum absolute atomic E-state index is 0.0223. The summed E-state index contributed by atoms with van der Waals surface area (Å²) in [5, 5.41) is 2.29. The number of halogens is 3. The number of anilines is 1. The van der Waals surface area contributed by atoms with E-state index in [9.17, 15) is 14.4 Å². The Morgan fingerprint density at radius 1 is 0.913 bits per heavy atom. The van der Waals surface area contributed by atoms with Crippen LogP contribution in [0.4, 0.5) is 10.6 Å². The number of carbonyl (C=O) groups is 2. The van der Waals surface area contributed by atoms with Gasteiger partial charge in [-0.2, -0.15) is 4.98 Å². The molecule has 0 bridgehead atoms. The third-order valence-corrected chi connectivity index (χ3v) is 6.69. The van der Waals surface area contributed by atoms with Crippen LogP contribution in [-0.4, -0.2) is 44.7 Å². The minimum Gasteiger partial charge on any atom is -0.463 e. The molecule has 1 amide bonds. The van der Waals surface area contributed by atoms with Gasteiger partial charge in [-0.15, -0.1) is 0 Å². The third-order valence-electron chi connectivity index (χ3n) is 6.36. The lowest BCUT2D eigenvalue weighted by Gasteiger charge is -2.16. The van der Waals surface area contributed by atoms with E-state index in [0.29, 0.717) is 19.3 Å². The second-order valence-electron chi connectivity index (χ2n) is 10.2. The highest BCUT2D eigenvalue weighted by molar-refractivity contribution is 6.67. The first-order valence-corrected chi connectivity index (χ1v) is 16.6. The Morgan fingerprint density at radius 2 is 1.48 bits per heavy atom. The highest BCUT2D eigenvalue weighted by atomic mass is 35.6. The molecule has 0 aromatic carbocycles. The van der Waals surface area contributed by atoms with E-state index in [4.69, 9.17) is 49.0 Å². The van der Waals surface area contributed by atoms with Crippen LogP contribution < -0.4 is 11.0 Å². The number of esters is 1. The van der Waals surface area contributed by atoms with Gasteiger partial charge < -0.3 is 14.2 Å². The molecular formula is C34H44Cl3N3O6. The van der Waals surface area contributed by atoms with Crippen LogP contribution in [0.2, 0.25) is 0 Å². The first-order valence-electron chi connectivity index (χ1n) is 15.5. The molecule has 0 aliphatic carbocycles. The van der Waals surface area contributed by atoms with Crippen LogP contribution >= 0.6 is 34.8 Å². The van der Waals surface area contributed by atoms with Crippen molar-refractivity contribution in [3.8, 4) is 0 Å². The lowest BCUT2D eigenvalue weighted by atomic mass is 10.2. The molecule has 1 aromatic heterocycles. The monoisotopic (exact) mass is 695 g/mol. The van der Waals surface area contributed by atoms with Gasteiger partial charge in [-0.05, 0) is 63.9 Å². The van der Waals surface area contributed by atoms with Crippen molar-refractivity contribution in [1.29, 1.82) is 0 Å². The van der Waals surface area contributed by atoms with E-state index in [2.05, 4.69) is 78.0 Å². The molecule has 0 saturated carbocycles. The molecule has 1 N–H and O–H groups in total. The molecule has 2 atom stereocenters. The Hall–Kier alpha value is -3.11. The number of hydrogen-bond acceptors (Lipinski definition) is 7. The molecule has 9 nitrogen and oxygen atoms in total. The van der Waals surface area contributed by atoms with Crippen LogP contribution in [0.15, 0.2) is 90.0 Å². The molecule has 1 aliphatic rings. The maximum absolute atomic E-state index is 12.5. The highest BCUT2D eigenvalue weighted by Gasteiger charge is 2.28. The molecule has 2 heterocycles. The Kier molecular flexibility index (Phi) is 19.7. The predicted octanol–water partition coefficient (Wildman–Crippen LogP) is 8.86. The molecule has 1 aromatic rings. The quantitative estimate of drug-likeness (QED) is 0.0874. The van der Waals surface area contributed by atoms with Crippen molar-refractivity contribution in [2.24, 2.45) is 0 Å². The van der Waals surface area contributed by atoms with Gasteiger partial charge >= 0.3 is 17.8 Å². The SMILES string of the molecule is CC/C=C\C/C=C\C/C=C\C/C=C\C/C=C\C/C=C\CCC(=O)OC[C@@H]1CC[C@H](n2ccc(NC(=O)OCC(Cl)(Cl)Cl)nc2=O)O1. The molecular weight excluding hydrogens is 653 g/mol. The minimum atomic E-state index is -1.76. The molecule has 1 fully saturated rings. The van der Waals surface area contributed by atoms with Crippen LogP contribution in [0.5, 0.6) is 0 Å². The number of allylic oxidation sites excluding steroid dienone is 12. The number of nitrogens with one attached hydrogen (secondary N) is 1. The summed E-state index contributed by atoms with van der Waals surface area (Å²) in [6, 6.07) is 1.42. The summed E-state index contributed by atoms with van der Waals surface area (Å²) in [6.45, 7) is 1.78. The topological polar surface area (TPSA) is 109 Å². The molecule has 46 heavy (non-hydrogen) atoms. The number of nitrogens with zero attached hydrogens (tertiary/aromatic N) is 2. The van der Waals surface area contributed by atoms with E-state index >= 15 is 0 Å². The van der Waals surface area contributed by atoms with Crippen LogP contribution in [0.25, 0.3) is 0 Å². The average molecular weight is 697 g/mol. The molecule has 12 heteroatoms. The van der Waals surface area contributed by atoms with Gasteiger partial charge in [-0.1, -0.05) is 115 Å². The van der Waals surface area contributed by atoms with Gasteiger partial charge in [0.1, 0.15) is 25.3 Å². The average Bonchev–Trinajstić information content (AvgIpc) is 3.48. The summed E-state index contributed by atoms with van der Waals surface area (Å²) in [7, 11) is 0. The molecule has 1 aliphatic heterocycles. The van der Waals surface area contributed by atoms with Crippen LogP contribution in [0.1, 0.15) is 77.4 Å². The largest absolute Gasteiger partial charge is 0.463 e. The van der Waals surface area contributed by atoms with E-state index in [0.717, 1.165) is 38.5 Å². The molecule has 1 saturated heterocycles. The predicted molar refractivity (Wildman–Crippen MR) is 185 cm³/mol. The number of rotatable bonds is 19. The number of alkyl halides is 3. The summed E-state index contributed by atoms with van der Waals surface area (Å²) in [5.74, 6) is -0.326. The number of hydrogen-bond donors (Lipinski definition) is 1. The lowest BCUT2D eigenvalue weighted by molar-refractivity contribution is -0.148. The number of amides is 1. The first kappa shape index (κ1) is 39.1. The lowest BCUT2D eigenvalue weighted by Crippen LogP contribution is -2.29. The van der Waals surface area contributed by atoms with Gasteiger partial charge in [0.25, 0.3) is 0 Å². The van der Waals surface area contributed by atoms with Gasteiger partial charge in [0.05, 0.1) is 6.10 Å². The number of ether oxygens (including phenoxy) is 3. The fourth-order valence-corrected chi connectivity index (χ4v) is 4.27. The van der Waals surface area contributed by atoms with E-state index in [-0.39, 0.29) is 30.9 Å². The third kappa shape index (κ3) is 18.8. The van der Waals surface area contributed by atoms with Crippen LogP contribution in [0, 0.1) is 0 Å². The highest BCUT2D eigenvalue weighted by Crippen LogP contribution is 2.28. The second-order valence-corrected chi connectivity index (χ2v) is 12.8. The normalized spacial score (nSPS) is 17.5. The maximum Gasteiger partial charge on any atom is 0.412 e. The van der Waals surface area contributed by atoms with Gasteiger partial charge in [0, 0.05) is 12.6 Å². The van der Waals surface area contributed by atoms with Gasteiger partial charge in [0.2, 0.25) is 3.79 Å². The standard InChI is InChI=1S/C34H44Cl3N3O6/c1-2-3-4-5-6-7-8-9-10-11-12-13-14-15-16-17-18-19-20-21-31(41)44-26-28-22-23-30(46-28)40-25-24-29(38-32(40)42)39-33(43)45-27-34(35,36)37/h3-4,6-7,9-10,12-13,15-16,18-19,24-25,28,30H,2,5,8,11,14,17,20-23,26-27H2,1H3,(H,38,39,42,43)/b4-3-,7-6-,10-9-,13-12-,16-15-,19-18-/t28-,30+/m0/s1. The molecule has 0 spiro atoms. The van der Waals surface area contributed by atoms with E-state index in [1.165, 1.54) is 16.8 Å². The van der Waals surface area contributed by atoms with Crippen molar-refractivity contribution in [1.82, 2.24) is 9.55 Å². The van der Waals surface area contributed by atoms with E-state index in [1.54, 1.807) is 0 Å². The fourth-order valence-electron chi connectivity index (χ4n) is 4.10. The second kappa shape index (κ2) is 23.2. The van der Waals surface area contributed by atoms with Crippen molar-refractivity contribution in [3.05, 3.63) is 95.7 Å². The molecule has 2 rings (SSSR count). The van der Waals surface area contributed by atoms with Crippen LogP contribution in [0.3, 0.4) is 0 Å². The Labute approximate surface area is 286 Å². The van der Waals surface area contributed by atoms with Crippen molar-refractivity contribution in [3.63, 3.8) is 0 Å². The zero-order chi connectivity index (χ0) is 33.5. The van der Waals surface area contributed by atoms with Crippen molar-refractivity contribution >= 4 is 52.7 Å². The number of carbonyl (C=O) groups excluding carboxylic acids is 2. The van der Waals surface area contributed by atoms with Crippen LogP contribution in [-0.2, 0) is 19.0 Å². The first-order chi connectivity index (χ1) is 22.2. The maximum atomic E-state index is 12.5. The smallest absolute Gasteiger partial charge is 0.412 e. The fraction of sp³-hybridized carbons (Fsp3) is 0.471. The Morgan fingerprint density at radius 3 is 2.02 bits per heavy atom. The molecule has 0 unspecified atom stereocenters. The van der Waals surface area contributed by atoms with Crippen molar-refractivity contribution in [2.75, 3.05) is 18.5 Å². The van der Waals surface area contributed by atoms with Crippen molar-refractivity contribution in [2.45, 2.75) is 87.3 Å². The van der Waals surface area contributed by atoms with Gasteiger partial charge in [-0.3, -0.25) is 14.7 Å². The summed E-state index contributed by atoms with van der Waals surface area (Å²) in [5.41, 5.74) is -0.627. The summed E-state index contributed by atoms with van der Waals surface area (Å²) in [4.78, 5) is 40.2. The summed E-state index contributed by atoms with van der Waals surface area (Å²) in [6.07, 6.45) is 33.0. The van der Waals surface area contributed by atoms with E-state index in [1.807, 2.05) is 12.2 Å². The van der Waals surface area contributed by atoms with Gasteiger partial charge in [-0.25, -0.2) is 9.59 Å². The summed E-state index contributed by atoms with van der Waals surface area (Å²) >= 11 is 16.6. The number of aromatic nitrogens is 2. The van der Waals surface area contributed by atoms with Crippen molar-refractivity contribution < 1.29 is 23.8 Å². The Balaban J connectivity index is 1.54. The summed E-state index contributed by atoms with van der Waals surface area (Å²) < 4.78 is 15.5. The van der Waals surface area contributed by atoms with Gasteiger partial charge in [0.15, 0.2) is 0 Å².